The zero-order chi connectivity index (χ0) is 15.6. The Morgan fingerprint density at radius 2 is 1.74 bits per heavy atom. The summed E-state index contributed by atoms with van der Waals surface area (Å²) in [5.41, 5.74) is 0. The van der Waals surface area contributed by atoms with Gasteiger partial charge in [-0.2, -0.15) is 0 Å². The van der Waals surface area contributed by atoms with Gasteiger partial charge in [0.15, 0.2) is 5.96 Å². The monoisotopic (exact) mass is 436 g/mol. The zero-order valence-corrected chi connectivity index (χ0v) is 17.5. The number of guanidine groups is 1. The number of nitrogens with one attached hydrogen (secondary N) is 2. The van der Waals surface area contributed by atoms with Gasteiger partial charge in [-0.25, -0.2) is 0 Å². The van der Waals surface area contributed by atoms with Crippen LogP contribution in [0.2, 0.25) is 0 Å². The van der Waals surface area contributed by atoms with Gasteiger partial charge in [0.25, 0.3) is 0 Å². The highest BCUT2D eigenvalue weighted by Crippen LogP contribution is 2.20. The van der Waals surface area contributed by atoms with Crippen LogP contribution in [0.25, 0.3) is 0 Å². The Bertz CT molecular complexity index is 321. The molecule has 0 aromatic rings. The van der Waals surface area contributed by atoms with Crippen LogP contribution in [-0.2, 0) is 0 Å². The van der Waals surface area contributed by atoms with Crippen LogP contribution in [0.1, 0.15) is 65.2 Å². The van der Waals surface area contributed by atoms with E-state index in [0.29, 0.717) is 6.04 Å². The molecule has 1 saturated carbocycles. The molecule has 1 heterocycles. The third-order valence-electron chi connectivity index (χ3n) is 5.25. The van der Waals surface area contributed by atoms with Crippen molar-refractivity contribution in [3.05, 3.63) is 0 Å². The number of piperidine rings is 1. The second-order valence-corrected chi connectivity index (χ2v) is 6.91. The molecule has 1 aliphatic heterocycles. The predicted octanol–water partition coefficient (Wildman–Crippen LogP) is 3.61. The molecular weight excluding hydrogens is 399 g/mol. The highest BCUT2D eigenvalue weighted by molar-refractivity contribution is 14.0. The average Bonchev–Trinajstić information content (AvgIpc) is 2.56. The van der Waals surface area contributed by atoms with E-state index in [2.05, 4.69) is 29.4 Å². The summed E-state index contributed by atoms with van der Waals surface area (Å²) in [5.74, 6) is 1.92. The van der Waals surface area contributed by atoms with Crippen LogP contribution < -0.4 is 10.6 Å². The van der Waals surface area contributed by atoms with Gasteiger partial charge in [0, 0.05) is 19.1 Å². The molecule has 1 saturated heterocycles. The lowest BCUT2D eigenvalue weighted by Gasteiger charge is -2.30. The first-order valence-corrected chi connectivity index (χ1v) is 9.59. The number of halogens is 1. The van der Waals surface area contributed by atoms with E-state index in [4.69, 9.17) is 4.99 Å². The molecule has 2 aliphatic rings. The topological polar surface area (TPSA) is 39.7 Å². The van der Waals surface area contributed by atoms with E-state index in [9.17, 15) is 0 Å². The Kier molecular flexibility index (Phi) is 11.3. The summed E-state index contributed by atoms with van der Waals surface area (Å²) in [5, 5.41) is 7.06. The van der Waals surface area contributed by atoms with E-state index in [1.807, 2.05) is 0 Å². The lowest BCUT2D eigenvalue weighted by Crippen LogP contribution is -2.44. The number of nitrogens with zero attached hydrogens (tertiary/aromatic N) is 2. The molecule has 2 rings (SSSR count). The van der Waals surface area contributed by atoms with Crippen LogP contribution in [0.4, 0.5) is 0 Å². The Labute approximate surface area is 160 Å². The highest BCUT2D eigenvalue weighted by atomic mass is 127. The van der Waals surface area contributed by atoms with Crippen molar-refractivity contribution >= 4 is 29.9 Å². The van der Waals surface area contributed by atoms with Crippen LogP contribution in [-0.4, -0.2) is 49.6 Å². The standard InChI is InChI=1S/C18H36N4.HI/c1-3-19-18(21-17-8-6-5-7-9-17)20-13-10-16-11-14-22(4-2)15-12-16;/h16-17H,3-15H2,1-2H3,(H2,19,20,21);1H. The maximum atomic E-state index is 4.82. The van der Waals surface area contributed by atoms with Crippen molar-refractivity contribution in [3.8, 4) is 0 Å². The van der Waals surface area contributed by atoms with Gasteiger partial charge in [-0.3, -0.25) is 4.99 Å². The maximum Gasteiger partial charge on any atom is 0.191 e. The molecule has 2 fully saturated rings. The van der Waals surface area contributed by atoms with Gasteiger partial charge in [-0.05, 0) is 64.6 Å². The van der Waals surface area contributed by atoms with E-state index in [-0.39, 0.29) is 24.0 Å². The Balaban J connectivity index is 0.00000264. The smallest absolute Gasteiger partial charge is 0.191 e. The van der Waals surface area contributed by atoms with Gasteiger partial charge in [0.2, 0.25) is 0 Å². The fourth-order valence-corrected chi connectivity index (χ4v) is 3.71. The second-order valence-electron chi connectivity index (χ2n) is 6.91. The number of likely N-dealkylation sites (tertiary alicyclic amines) is 1. The van der Waals surface area contributed by atoms with Crippen molar-refractivity contribution in [2.75, 3.05) is 32.7 Å². The normalized spacial score (nSPS) is 21.7. The van der Waals surface area contributed by atoms with E-state index in [0.717, 1.165) is 25.0 Å². The van der Waals surface area contributed by atoms with Gasteiger partial charge in [0.1, 0.15) is 0 Å². The van der Waals surface area contributed by atoms with Crippen molar-refractivity contribution in [1.82, 2.24) is 15.5 Å². The zero-order valence-electron chi connectivity index (χ0n) is 15.1. The third kappa shape index (κ3) is 8.05. The molecule has 0 radical (unpaired) electrons. The van der Waals surface area contributed by atoms with E-state index >= 15 is 0 Å². The Morgan fingerprint density at radius 1 is 1.04 bits per heavy atom. The van der Waals surface area contributed by atoms with Gasteiger partial charge < -0.3 is 15.5 Å². The SMILES string of the molecule is CCNC(=NCCC1CCN(CC)CC1)NC1CCCCC1.I. The summed E-state index contributed by atoms with van der Waals surface area (Å²) < 4.78 is 0. The van der Waals surface area contributed by atoms with Gasteiger partial charge in [-0.15, -0.1) is 24.0 Å². The minimum atomic E-state index is 0. The summed E-state index contributed by atoms with van der Waals surface area (Å²) in [6, 6.07) is 0.638. The van der Waals surface area contributed by atoms with E-state index in [1.165, 1.54) is 71.0 Å². The highest BCUT2D eigenvalue weighted by Gasteiger charge is 2.18. The van der Waals surface area contributed by atoms with Crippen molar-refractivity contribution in [3.63, 3.8) is 0 Å². The van der Waals surface area contributed by atoms with Crippen LogP contribution in [0.5, 0.6) is 0 Å². The molecule has 136 valence electrons. The lowest BCUT2D eigenvalue weighted by atomic mass is 9.94. The van der Waals surface area contributed by atoms with Crippen LogP contribution >= 0.6 is 24.0 Å². The summed E-state index contributed by atoms with van der Waals surface area (Å²) in [6.07, 6.45) is 10.7. The van der Waals surface area contributed by atoms with Crippen molar-refractivity contribution in [2.24, 2.45) is 10.9 Å². The fourth-order valence-electron chi connectivity index (χ4n) is 3.71. The fraction of sp³-hybridized carbons (Fsp3) is 0.944. The van der Waals surface area contributed by atoms with E-state index in [1.54, 1.807) is 0 Å². The van der Waals surface area contributed by atoms with Crippen LogP contribution in [0.3, 0.4) is 0 Å². The van der Waals surface area contributed by atoms with Crippen LogP contribution in [0, 0.1) is 5.92 Å². The second kappa shape index (κ2) is 12.3. The molecule has 0 spiro atoms. The van der Waals surface area contributed by atoms with Gasteiger partial charge >= 0.3 is 0 Å². The van der Waals surface area contributed by atoms with Crippen molar-refractivity contribution in [1.29, 1.82) is 0 Å². The number of hydrogen-bond acceptors (Lipinski definition) is 2. The number of hydrogen-bond donors (Lipinski definition) is 2. The molecule has 0 unspecified atom stereocenters. The molecule has 1 aliphatic carbocycles. The predicted molar refractivity (Wildman–Crippen MR) is 111 cm³/mol. The minimum Gasteiger partial charge on any atom is -0.357 e. The first kappa shape index (κ1) is 21.0. The first-order chi connectivity index (χ1) is 10.8. The van der Waals surface area contributed by atoms with Crippen molar-refractivity contribution < 1.29 is 0 Å². The first-order valence-electron chi connectivity index (χ1n) is 9.59. The maximum absolute atomic E-state index is 4.82. The molecule has 0 aromatic heterocycles. The third-order valence-corrected chi connectivity index (χ3v) is 5.25. The molecule has 0 atom stereocenters. The Morgan fingerprint density at radius 3 is 2.35 bits per heavy atom. The summed E-state index contributed by atoms with van der Waals surface area (Å²) in [4.78, 5) is 7.39. The number of rotatable bonds is 6. The molecule has 0 aromatic carbocycles. The summed E-state index contributed by atoms with van der Waals surface area (Å²) >= 11 is 0. The largest absolute Gasteiger partial charge is 0.357 e. The minimum absolute atomic E-state index is 0. The summed E-state index contributed by atoms with van der Waals surface area (Å²) in [6.45, 7) is 10.1. The molecular formula is C18H37IN4. The van der Waals surface area contributed by atoms with Gasteiger partial charge in [-0.1, -0.05) is 26.2 Å². The Hall–Kier alpha value is -0.0400. The molecule has 2 N–H and O–H groups in total. The average molecular weight is 436 g/mol. The van der Waals surface area contributed by atoms with Crippen LogP contribution in [0.15, 0.2) is 4.99 Å². The van der Waals surface area contributed by atoms with Gasteiger partial charge in [0.05, 0.1) is 0 Å². The molecule has 4 nitrogen and oxygen atoms in total. The number of aliphatic imine (C=N–C) groups is 1. The molecule has 5 heteroatoms. The summed E-state index contributed by atoms with van der Waals surface area (Å²) in [7, 11) is 0. The van der Waals surface area contributed by atoms with E-state index < -0.39 is 0 Å². The molecule has 0 amide bonds. The van der Waals surface area contributed by atoms with Crippen molar-refractivity contribution in [2.45, 2.75) is 71.3 Å². The lowest BCUT2D eigenvalue weighted by molar-refractivity contribution is 0.188. The quantitative estimate of drug-likeness (QED) is 0.380. The molecule has 0 bridgehead atoms. The molecule has 23 heavy (non-hydrogen) atoms.